The number of aliphatic hydroxyl groups excluding tert-OH is 2. The molecule has 2 aliphatic rings. The van der Waals surface area contributed by atoms with Crippen molar-refractivity contribution in [2.45, 2.75) is 49.1 Å². The summed E-state index contributed by atoms with van der Waals surface area (Å²) in [6.45, 7) is -0.913. The lowest BCUT2D eigenvalue weighted by molar-refractivity contribution is -0.0567. The number of nitrogen functional groups attached to an aromatic ring is 2. The summed E-state index contributed by atoms with van der Waals surface area (Å²) in [5.41, 5.74) is 11.5. The SMILES string of the molecule is CO[C@@H]1[C@H](OC(=O)NC[C@H]2O[C@@H](n3cnc4c(=O)[nH]c(N)nc43)[C@H](O)[C@@H]2O)[C@@H](COP(=O)(O)n2ccnc2)O[C@H]1n1cnc2c(N)ncnc21. The fourth-order valence-corrected chi connectivity index (χ4v) is 6.65. The summed E-state index contributed by atoms with van der Waals surface area (Å²) in [6.07, 6.45) is -3.58. The first-order chi connectivity index (χ1) is 24.0. The molecule has 0 aromatic carbocycles. The van der Waals surface area contributed by atoms with Gasteiger partial charge in [-0.3, -0.25) is 23.4 Å². The molecule has 24 nitrogen and oxygen atoms in total. The van der Waals surface area contributed by atoms with Gasteiger partial charge in [0.1, 0.15) is 48.7 Å². The second-order valence-corrected chi connectivity index (χ2v) is 12.9. The summed E-state index contributed by atoms with van der Waals surface area (Å²) >= 11 is 0. The number of aliphatic hydroxyl groups is 2. The fourth-order valence-electron chi connectivity index (χ4n) is 5.76. The molecular weight excluding hydrogens is 689 g/mol. The number of imidazole rings is 3. The molecule has 2 fully saturated rings. The minimum absolute atomic E-state index is 0.00506. The highest BCUT2D eigenvalue weighted by Crippen LogP contribution is 2.45. The number of aromatic nitrogens is 10. The predicted octanol–water partition coefficient (Wildman–Crippen LogP) is -2.39. The van der Waals surface area contributed by atoms with Gasteiger partial charge < -0.3 is 50.8 Å². The highest BCUT2D eigenvalue weighted by molar-refractivity contribution is 7.51. The van der Waals surface area contributed by atoms with Gasteiger partial charge in [0.15, 0.2) is 41.2 Å². The number of aromatic amines is 1. The molecule has 1 unspecified atom stereocenters. The molecule has 0 spiro atoms. The zero-order valence-corrected chi connectivity index (χ0v) is 26.6. The number of carbonyl (C=O) groups excluding carboxylic acids is 1. The fraction of sp³-hybridized carbons (Fsp3) is 0.440. The first-order valence-corrected chi connectivity index (χ1v) is 16.3. The molecule has 7 heterocycles. The zero-order valence-electron chi connectivity index (χ0n) is 25.7. The number of alkyl carbamates (subject to hydrolysis) is 1. The van der Waals surface area contributed by atoms with Crippen molar-refractivity contribution >= 4 is 47.9 Å². The Morgan fingerprint density at radius 1 is 1.02 bits per heavy atom. The quantitative estimate of drug-likeness (QED) is 0.0740. The standard InChI is InChI=1S/C25H30N13O11P/c1-45-17-16(49-25(42)29-4-10-14(39)15(40)22(47-10)38-9-33-13-20(38)34-24(27)35-21(13)41)11(5-46-50(43,44)36-3-2-28-7-36)48-23(17)37-8-32-12-18(26)30-6-31-19(12)37/h2-3,6-11,14-17,22-23,39-40H,4-5H2,1H3,(H,29,42)(H,43,44)(H2,26,30,31)(H3,27,34,35,41)/t10-,11-,14-,15-,16-,17-,22-,23-/m1/s1. The zero-order chi connectivity index (χ0) is 35.3. The van der Waals surface area contributed by atoms with E-state index < -0.39 is 75.1 Å². The normalized spacial score (nSPS) is 27.9. The van der Waals surface area contributed by atoms with Gasteiger partial charge in [0.2, 0.25) is 5.95 Å². The van der Waals surface area contributed by atoms with Gasteiger partial charge in [-0.25, -0.2) is 38.6 Å². The summed E-state index contributed by atoms with van der Waals surface area (Å²) in [5.74, 6) is -0.0927. The highest BCUT2D eigenvalue weighted by Gasteiger charge is 2.50. The van der Waals surface area contributed by atoms with Crippen molar-refractivity contribution in [1.29, 1.82) is 0 Å². The molecule has 0 bridgehead atoms. The number of H-pyrrole nitrogens is 1. The Balaban J connectivity index is 1.08. The Kier molecular flexibility index (Phi) is 8.69. The maximum absolute atomic E-state index is 13.2. The highest BCUT2D eigenvalue weighted by atomic mass is 31.2. The number of ether oxygens (including phenoxy) is 4. The lowest BCUT2D eigenvalue weighted by Gasteiger charge is -2.24. The molecule has 1 amide bonds. The summed E-state index contributed by atoms with van der Waals surface area (Å²) in [6, 6.07) is 0. The first kappa shape index (κ1) is 33.4. The molecule has 2 aliphatic heterocycles. The molecule has 0 radical (unpaired) electrons. The minimum Gasteiger partial charge on any atom is -0.440 e. The van der Waals surface area contributed by atoms with Crippen LogP contribution >= 0.6 is 7.75 Å². The molecule has 7 rings (SSSR count). The largest absolute Gasteiger partial charge is 0.440 e. The van der Waals surface area contributed by atoms with E-state index in [1.165, 1.54) is 47.6 Å². The third kappa shape index (κ3) is 5.92. The maximum Gasteiger partial charge on any atom is 0.437 e. The smallest absolute Gasteiger partial charge is 0.437 e. The second-order valence-electron chi connectivity index (χ2n) is 11.1. The third-order valence-electron chi connectivity index (χ3n) is 8.16. The molecule has 0 saturated carbocycles. The molecule has 2 saturated heterocycles. The maximum atomic E-state index is 13.2. The molecular formula is C25H30N13O11P. The third-order valence-corrected chi connectivity index (χ3v) is 9.47. The van der Waals surface area contributed by atoms with Crippen LogP contribution in [-0.4, -0.2) is 126 Å². The van der Waals surface area contributed by atoms with Crippen molar-refractivity contribution in [2.24, 2.45) is 0 Å². The number of carbonyl (C=O) groups is 1. The Morgan fingerprint density at radius 2 is 1.76 bits per heavy atom. The topological polar surface area (TPSA) is 330 Å². The number of fused-ring (bicyclic) bond motifs is 2. The van der Waals surface area contributed by atoms with Gasteiger partial charge in [0.05, 0.1) is 19.3 Å². The van der Waals surface area contributed by atoms with Crippen LogP contribution in [0.15, 0.2) is 42.5 Å². The number of amides is 1. The van der Waals surface area contributed by atoms with Crippen LogP contribution in [0.2, 0.25) is 0 Å². The van der Waals surface area contributed by atoms with Crippen molar-refractivity contribution in [3.05, 3.63) is 48.1 Å². The van der Waals surface area contributed by atoms with Crippen molar-refractivity contribution in [3.8, 4) is 0 Å². The first-order valence-electron chi connectivity index (χ1n) is 14.7. The summed E-state index contributed by atoms with van der Waals surface area (Å²) < 4.78 is 45.2. The van der Waals surface area contributed by atoms with E-state index in [1.54, 1.807) is 0 Å². The van der Waals surface area contributed by atoms with Crippen LogP contribution in [0, 0.1) is 0 Å². The number of rotatable bonds is 10. The van der Waals surface area contributed by atoms with Gasteiger partial charge in [-0.05, 0) is 0 Å². The average Bonchev–Trinajstić information content (AvgIpc) is 3.92. The van der Waals surface area contributed by atoms with Crippen LogP contribution in [0.1, 0.15) is 12.5 Å². The number of nitrogens with zero attached hydrogens (tertiary/aromatic N) is 9. The molecule has 5 aromatic heterocycles. The number of nitrogens with one attached hydrogen (secondary N) is 2. The Labute approximate surface area is 278 Å². The molecule has 5 aromatic rings. The van der Waals surface area contributed by atoms with Crippen molar-refractivity contribution in [1.82, 2.24) is 53.7 Å². The van der Waals surface area contributed by atoms with Crippen LogP contribution in [0.4, 0.5) is 16.6 Å². The van der Waals surface area contributed by atoms with Crippen LogP contribution in [0.25, 0.3) is 22.3 Å². The number of methoxy groups -OCH3 is 1. The van der Waals surface area contributed by atoms with E-state index >= 15 is 0 Å². The van der Waals surface area contributed by atoms with E-state index in [4.69, 9.17) is 34.9 Å². The summed E-state index contributed by atoms with van der Waals surface area (Å²) in [5, 5.41) is 24.0. The van der Waals surface area contributed by atoms with Crippen LogP contribution in [0.5, 0.6) is 0 Å². The molecule has 9 N–H and O–H groups in total. The Hall–Kier alpha value is -5.07. The van der Waals surface area contributed by atoms with Crippen molar-refractivity contribution in [2.75, 3.05) is 31.7 Å². The Bertz CT molecular complexity index is 2120. The average molecular weight is 720 g/mol. The molecule has 0 aliphatic carbocycles. The monoisotopic (exact) mass is 719 g/mol. The molecule has 266 valence electrons. The predicted molar refractivity (Wildman–Crippen MR) is 165 cm³/mol. The summed E-state index contributed by atoms with van der Waals surface area (Å²) in [7, 11) is -3.10. The van der Waals surface area contributed by atoms with Crippen molar-refractivity contribution in [3.63, 3.8) is 0 Å². The van der Waals surface area contributed by atoms with Crippen LogP contribution in [-0.2, 0) is 28.0 Å². The number of hydrogen-bond acceptors (Lipinski definition) is 18. The van der Waals surface area contributed by atoms with Crippen LogP contribution < -0.4 is 22.3 Å². The van der Waals surface area contributed by atoms with E-state index in [0.717, 1.165) is 10.7 Å². The molecule has 50 heavy (non-hydrogen) atoms. The lowest BCUT2D eigenvalue weighted by atomic mass is 10.1. The lowest BCUT2D eigenvalue weighted by Crippen LogP contribution is -2.44. The van der Waals surface area contributed by atoms with E-state index in [2.05, 4.69) is 40.2 Å². The van der Waals surface area contributed by atoms with E-state index in [0.29, 0.717) is 0 Å². The van der Waals surface area contributed by atoms with Gasteiger partial charge in [-0.15, -0.1) is 0 Å². The number of anilines is 2. The van der Waals surface area contributed by atoms with Gasteiger partial charge in [-0.1, -0.05) is 0 Å². The van der Waals surface area contributed by atoms with E-state index in [-0.39, 0.29) is 40.6 Å². The van der Waals surface area contributed by atoms with Crippen molar-refractivity contribution < 1.29 is 47.9 Å². The summed E-state index contributed by atoms with van der Waals surface area (Å²) in [4.78, 5) is 62.4. The van der Waals surface area contributed by atoms with Gasteiger partial charge in [-0.2, -0.15) is 4.98 Å². The van der Waals surface area contributed by atoms with E-state index in [1.807, 2.05) is 0 Å². The molecule has 9 atom stereocenters. The van der Waals surface area contributed by atoms with E-state index in [9.17, 15) is 29.3 Å². The Morgan fingerprint density at radius 3 is 2.50 bits per heavy atom. The number of nitrogens with two attached hydrogens (primary N) is 2. The van der Waals surface area contributed by atoms with Crippen LogP contribution in [0.3, 0.4) is 0 Å². The van der Waals surface area contributed by atoms with Gasteiger partial charge in [0, 0.05) is 26.0 Å². The van der Waals surface area contributed by atoms with Gasteiger partial charge >= 0.3 is 13.8 Å². The number of hydrogen-bond donors (Lipinski definition) is 7. The minimum atomic E-state index is -4.44. The van der Waals surface area contributed by atoms with Gasteiger partial charge in [0.25, 0.3) is 5.56 Å². The second kappa shape index (κ2) is 13.0. The molecule has 25 heteroatoms.